The molecule has 0 radical (unpaired) electrons. The number of nitrogens with zero attached hydrogens (tertiary/aromatic N) is 3. The summed E-state index contributed by atoms with van der Waals surface area (Å²) in [5.74, 6) is 2.19. The average Bonchev–Trinajstić information content (AvgIpc) is 3.33. The number of aromatic nitrogens is 4. The van der Waals surface area contributed by atoms with Crippen LogP contribution < -0.4 is 0 Å². The van der Waals surface area contributed by atoms with Gasteiger partial charge >= 0.3 is 0 Å². The Morgan fingerprint density at radius 3 is 2.92 bits per heavy atom. The zero-order chi connectivity index (χ0) is 16.4. The molecule has 0 saturated carbocycles. The van der Waals surface area contributed by atoms with Crippen LogP contribution in [0, 0.1) is 0 Å². The number of para-hydroxylation sites is 1. The van der Waals surface area contributed by atoms with Crippen LogP contribution >= 0.6 is 11.8 Å². The third-order valence-electron chi connectivity index (χ3n) is 3.76. The molecular weight excluding hydrogens is 324 g/mol. The third-order valence-corrected chi connectivity index (χ3v) is 4.71. The minimum Gasteiger partial charge on any atom is -0.467 e. The molecule has 1 aromatic carbocycles. The highest BCUT2D eigenvalue weighted by Crippen LogP contribution is 2.30. The normalized spacial score (nSPS) is 11.4. The molecule has 6 nitrogen and oxygen atoms in total. The fraction of sp³-hybridized carbons (Fsp3) is 0.176. The van der Waals surface area contributed by atoms with Crippen LogP contribution in [0.25, 0.3) is 22.3 Å². The first kappa shape index (κ1) is 15.0. The molecule has 3 aromatic heterocycles. The van der Waals surface area contributed by atoms with E-state index >= 15 is 0 Å². The van der Waals surface area contributed by atoms with E-state index in [4.69, 9.17) is 9.52 Å². The van der Waals surface area contributed by atoms with E-state index < -0.39 is 0 Å². The number of aromatic amines is 1. The minimum atomic E-state index is 0.0979. The van der Waals surface area contributed by atoms with Crippen molar-refractivity contribution in [2.24, 2.45) is 0 Å². The summed E-state index contributed by atoms with van der Waals surface area (Å²) in [6, 6.07) is 11.9. The number of H-pyrrole nitrogens is 1. The molecule has 0 aliphatic rings. The highest BCUT2D eigenvalue weighted by molar-refractivity contribution is 7.99. The van der Waals surface area contributed by atoms with Crippen LogP contribution in [0.2, 0.25) is 0 Å². The van der Waals surface area contributed by atoms with Crippen molar-refractivity contribution in [3.05, 3.63) is 54.6 Å². The van der Waals surface area contributed by atoms with Crippen molar-refractivity contribution in [2.45, 2.75) is 11.7 Å². The van der Waals surface area contributed by atoms with Crippen molar-refractivity contribution in [2.75, 3.05) is 12.4 Å². The first-order valence-corrected chi connectivity index (χ1v) is 8.61. The molecule has 0 aliphatic heterocycles. The Bertz CT molecular complexity index is 943. The summed E-state index contributed by atoms with van der Waals surface area (Å²) in [4.78, 5) is 3.27. The maximum Gasteiger partial charge on any atom is 0.192 e. The van der Waals surface area contributed by atoms with E-state index in [1.165, 1.54) is 11.8 Å². The molecule has 0 amide bonds. The van der Waals surface area contributed by atoms with Crippen molar-refractivity contribution < 1.29 is 9.52 Å². The van der Waals surface area contributed by atoms with Crippen molar-refractivity contribution in [3.8, 4) is 11.4 Å². The summed E-state index contributed by atoms with van der Waals surface area (Å²) in [5.41, 5.74) is 2.06. The summed E-state index contributed by atoms with van der Waals surface area (Å²) in [6.07, 6.45) is 3.61. The van der Waals surface area contributed by atoms with Crippen LogP contribution in [0.5, 0.6) is 0 Å². The molecule has 0 saturated heterocycles. The van der Waals surface area contributed by atoms with Gasteiger partial charge in [-0.2, -0.15) is 0 Å². The van der Waals surface area contributed by atoms with Crippen LogP contribution in [0.15, 0.2) is 58.4 Å². The molecule has 0 bridgehead atoms. The predicted octanol–water partition coefficient (Wildman–Crippen LogP) is 3.15. The molecule has 4 rings (SSSR count). The molecule has 4 aromatic rings. The quantitative estimate of drug-likeness (QED) is 0.527. The van der Waals surface area contributed by atoms with Gasteiger partial charge in [0.25, 0.3) is 0 Å². The van der Waals surface area contributed by atoms with Crippen molar-refractivity contribution >= 4 is 22.7 Å². The summed E-state index contributed by atoms with van der Waals surface area (Å²) >= 11 is 1.48. The van der Waals surface area contributed by atoms with Crippen molar-refractivity contribution in [3.63, 3.8) is 0 Å². The molecule has 122 valence electrons. The molecule has 2 N–H and O–H groups in total. The summed E-state index contributed by atoms with van der Waals surface area (Å²) in [7, 11) is 0. The maximum absolute atomic E-state index is 9.11. The molecule has 24 heavy (non-hydrogen) atoms. The van der Waals surface area contributed by atoms with Crippen molar-refractivity contribution in [1.82, 2.24) is 19.7 Å². The number of benzene rings is 1. The zero-order valence-electron chi connectivity index (χ0n) is 12.8. The number of thioether (sulfide) groups is 1. The lowest BCUT2D eigenvalue weighted by Gasteiger charge is -2.08. The van der Waals surface area contributed by atoms with E-state index in [-0.39, 0.29) is 6.61 Å². The second-order valence-corrected chi connectivity index (χ2v) is 6.35. The van der Waals surface area contributed by atoms with Crippen LogP contribution in [-0.4, -0.2) is 37.2 Å². The molecule has 0 fully saturated rings. The number of aliphatic hydroxyl groups is 1. The lowest BCUT2D eigenvalue weighted by atomic mass is 10.1. The van der Waals surface area contributed by atoms with Gasteiger partial charge in [-0.15, -0.1) is 10.2 Å². The first-order chi connectivity index (χ1) is 11.9. The number of furan rings is 1. The zero-order valence-corrected chi connectivity index (χ0v) is 13.7. The van der Waals surface area contributed by atoms with Crippen LogP contribution in [0.4, 0.5) is 0 Å². The van der Waals surface area contributed by atoms with Crippen LogP contribution in [0.3, 0.4) is 0 Å². The lowest BCUT2D eigenvalue weighted by molar-refractivity contribution is 0.322. The Balaban J connectivity index is 1.80. The van der Waals surface area contributed by atoms with Gasteiger partial charge in [-0.25, -0.2) is 0 Å². The van der Waals surface area contributed by atoms with Gasteiger partial charge in [0.15, 0.2) is 11.0 Å². The second-order valence-electron chi connectivity index (χ2n) is 5.29. The van der Waals surface area contributed by atoms with E-state index in [1.807, 2.05) is 41.1 Å². The lowest BCUT2D eigenvalue weighted by Crippen LogP contribution is -2.04. The Morgan fingerprint density at radius 1 is 1.17 bits per heavy atom. The Kier molecular flexibility index (Phi) is 4.10. The Morgan fingerprint density at radius 2 is 2.08 bits per heavy atom. The van der Waals surface area contributed by atoms with E-state index in [9.17, 15) is 0 Å². The summed E-state index contributed by atoms with van der Waals surface area (Å²) in [6.45, 7) is 0.642. The van der Waals surface area contributed by atoms with E-state index in [1.54, 1.807) is 6.26 Å². The molecule has 0 spiro atoms. The highest BCUT2D eigenvalue weighted by atomic mass is 32.2. The van der Waals surface area contributed by atoms with Gasteiger partial charge in [0.1, 0.15) is 5.76 Å². The molecule has 0 aliphatic carbocycles. The Labute approximate surface area is 142 Å². The summed E-state index contributed by atoms with van der Waals surface area (Å²) in [5, 5.41) is 19.7. The second kappa shape index (κ2) is 6.54. The van der Waals surface area contributed by atoms with Gasteiger partial charge in [0, 0.05) is 28.4 Å². The van der Waals surface area contributed by atoms with E-state index in [0.717, 1.165) is 33.2 Å². The molecule has 0 atom stereocenters. The van der Waals surface area contributed by atoms with Gasteiger partial charge in [0.2, 0.25) is 0 Å². The number of aliphatic hydroxyl groups excluding tert-OH is 1. The Hall–Kier alpha value is -2.51. The van der Waals surface area contributed by atoms with E-state index in [0.29, 0.717) is 12.3 Å². The highest BCUT2D eigenvalue weighted by Gasteiger charge is 2.18. The topological polar surface area (TPSA) is 79.9 Å². The number of fused-ring (bicyclic) bond motifs is 1. The van der Waals surface area contributed by atoms with E-state index in [2.05, 4.69) is 21.2 Å². The van der Waals surface area contributed by atoms with Crippen LogP contribution in [-0.2, 0) is 6.54 Å². The standard InChI is InChI=1S/C17H16N4O2S/c22-7-9-24-17-20-19-16(21(17)11-12-4-3-8-23-12)14-10-18-15-6-2-1-5-13(14)15/h1-6,8,10,18,22H,7,9,11H2. The first-order valence-electron chi connectivity index (χ1n) is 7.62. The fourth-order valence-electron chi connectivity index (χ4n) is 2.69. The van der Waals surface area contributed by atoms with Crippen LogP contribution in [0.1, 0.15) is 5.76 Å². The minimum absolute atomic E-state index is 0.0979. The van der Waals surface area contributed by atoms with Crippen molar-refractivity contribution in [1.29, 1.82) is 0 Å². The monoisotopic (exact) mass is 340 g/mol. The van der Waals surface area contributed by atoms with Gasteiger partial charge in [-0.05, 0) is 18.2 Å². The number of nitrogens with one attached hydrogen (secondary N) is 1. The van der Waals surface area contributed by atoms with Gasteiger partial charge in [-0.1, -0.05) is 30.0 Å². The third kappa shape index (κ3) is 2.72. The number of rotatable bonds is 6. The summed E-state index contributed by atoms with van der Waals surface area (Å²) < 4.78 is 7.51. The van der Waals surface area contributed by atoms with Gasteiger partial charge in [-0.3, -0.25) is 4.57 Å². The van der Waals surface area contributed by atoms with Gasteiger partial charge < -0.3 is 14.5 Å². The average molecular weight is 340 g/mol. The molecule has 0 unspecified atom stereocenters. The molecular formula is C17H16N4O2S. The largest absolute Gasteiger partial charge is 0.467 e. The van der Waals surface area contributed by atoms with Gasteiger partial charge in [0.05, 0.1) is 19.4 Å². The number of hydrogen-bond acceptors (Lipinski definition) is 5. The SMILES string of the molecule is OCCSc1nnc(-c2c[nH]c3ccccc23)n1Cc1ccco1. The predicted molar refractivity (Wildman–Crippen MR) is 92.9 cm³/mol. The molecule has 3 heterocycles. The fourth-order valence-corrected chi connectivity index (χ4v) is 3.37. The smallest absolute Gasteiger partial charge is 0.192 e. The number of hydrogen-bond donors (Lipinski definition) is 2. The molecule has 7 heteroatoms. The maximum atomic E-state index is 9.11.